The first-order valence-electron chi connectivity index (χ1n) is 12.0. The number of aliphatic imine (C=N–C) groups is 1. The zero-order valence-electron chi connectivity index (χ0n) is 20.4. The number of halogens is 2. The van der Waals surface area contributed by atoms with Crippen LogP contribution in [0.25, 0.3) is 0 Å². The van der Waals surface area contributed by atoms with Crippen molar-refractivity contribution in [2.45, 2.75) is 51.2 Å². The second-order valence-corrected chi connectivity index (χ2v) is 11.1. The van der Waals surface area contributed by atoms with E-state index >= 15 is 8.78 Å². The summed E-state index contributed by atoms with van der Waals surface area (Å²) in [6, 6.07) is 4.72. The van der Waals surface area contributed by atoms with Gasteiger partial charge in [0.1, 0.15) is 17.7 Å². The molecule has 11 heteroatoms. The van der Waals surface area contributed by atoms with Crippen molar-refractivity contribution in [1.82, 2.24) is 10.4 Å². The minimum absolute atomic E-state index is 0.0476. The number of nitrogens with one attached hydrogen (secondary N) is 3. The minimum atomic E-state index is -3.12. The van der Waals surface area contributed by atoms with E-state index < -0.39 is 28.7 Å². The molecule has 0 saturated carbocycles. The number of amides is 1. The third-order valence-corrected chi connectivity index (χ3v) is 8.37. The fourth-order valence-electron chi connectivity index (χ4n) is 4.73. The van der Waals surface area contributed by atoms with Crippen molar-refractivity contribution in [3.63, 3.8) is 0 Å². The van der Waals surface area contributed by atoms with E-state index in [0.717, 1.165) is 5.01 Å². The highest BCUT2D eigenvalue weighted by Gasteiger charge is 2.45. The van der Waals surface area contributed by atoms with Crippen molar-refractivity contribution in [3.8, 4) is 0 Å². The van der Waals surface area contributed by atoms with E-state index in [-0.39, 0.29) is 40.9 Å². The van der Waals surface area contributed by atoms with Crippen molar-refractivity contribution in [1.29, 1.82) is 10.8 Å². The van der Waals surface area contributed by atoms with Crippen LogP contribution in [0, 0.1) is 23.7 Å². The molecule has 36 heavy (non-hydrogen) atoms. The van der Waals surface area contributed by atoms with Crippen LogP contribution in [-0.2, 0) is 32.8 Å². The Kier molecular flexibility index (Phi) is 7.79. The molecule has 1 amide bonds. The summed E-state index contributed by atoms with van der Waals surface area (Å²) in [6.45, 7) is 2.02. The molecule has 8 nitrogen and oxygen atoms in total. The fourth-order valence-corrected chi connectivity index (χ4v) is 6.03. The minimum Gasteiger partial charge on any atom is -0.372 e. The SMILES string of the molecule is Cc1c(CN=C2NN(C)C(=O)C(=N)/C2=C\C(=N)C2CCS(=O)CC2)cccc1C(F)(F)C1CCCO1. The van der Waals surface area contributed by atoms with E-state index in [2.05, 4.69) is 10.4 Å². The van der Waals surface area contributed by atoms with Crippen LogP contribution in [0.5, 0.6) is 0 Å². The normalized spacial score (nSPS) is 27.6. The number of alkyl halides is 2. The third kappa shape index (κ3) is 5.31. The largest absolute Gasteiger partial charge is 0.372 e. The third-order valence-electron chi connectivity index (χ3n) is 6.99. The first-order valence-corrected chi connectivity index (χ1v) is 13.5. The number of carbonyl (C=O) groups excluding carboxylic acids is 1. The Morgan fingerprint density at radius 3 is 2.72 bits per heavy atom. The number of rotatable bonds is 6. The predicted octanol–water partition coefficient (Wildman–Crippen LogP) is 3.27. The number of ether oxygens (including phenoxy) is 1. The molecule has 1 unspecified atom stereocenters. The monoisotopic (exact) mass is 519 g/mol. The molecule has 194 valence electrons. The van der Waals surface area contributed by atoms with E-state index in [0.29, 0.717) is 54.9 Å². The molecule has 3 aliphatic rings. The molecule has 1 aromatic rings. The van der Waals surface area contributed by atoms with Gasteiger partial charge in [-0.05, 0) is 49.8 Å². The van der Waals surface area contributed by atoms with Gasteiger partial charge >= 0.3 is 0 Å². The van der Waals surface area contributed by atoms with Crippen LogP contribution in [0.4, 0.5) is 8.78 Å². The molecule has 3 aliphatic heterocycles. The lowest BCUT2D eigenvalue weighted by atomic mass is 9.93. The van der Waals surface area contributed by atoms with Crippen molar-refractivity contribution in [2.24, 2.45) is 10.9 Å². The Morgan fingerprint density at radius 2 is 2.06 bits per heavy atom. The number of benzene rings is 1. The van der Waals surface area contributed by atoms with Gasteiger partial charge in [-0.1, -0.05) is 18.2 Å². The summed E-state index contributed by atoms with van der Waals surface area (Å²) in [5, 5.41) is 18.0. The lowest BCUT2D eigenvalue weighted by Gasteiger charge is -2.29. The maximum Gasteiger partial charge on any atom is 0.299 e. The molecule has 0 spiro atoms. The summed E-state index contributed by atoms with van der Waals surface area (Å²) in [4.78, 5) is 17.0. The summed E-state index contributed by atoms with van der Waals surface area (Å²) < 4.78 is 47.2. The van der Waals surface area contributed by atoms with Crippen molar-refractivity contribution < 1.29 is 22.5 Å². The highest BCUT2D eigenvalue weighted by Crippen LogP contribution is 2.40. The Hall–Kier alpha value is -2.79. The lowest BCUT2D eigenvalue weighted by Crippen LogP contribution is -2.54. The molecule has 0 bridgehead atoms. The first-order chi connectivity index (χ1) is 17.1. The first kappa shape index (κ1) is 26.3. The molecule has 0 aromatic heterocycles. The maximum atomic E-state index is 15.2. The molecule has 0 aliphatic carbocycles. The van der Waals surface area contributed by atoms with Crippen molar-refractivity contribution >= 4 is 34.0 Å². The predicted molar refractivity (Wildman–Crippen MR) is 135 cm³/mol. The lowest BCUT2D eigenvalue weighted by molar-refractivity contribution is -0.124. The Bertz CT molecular complexity index is 1150. The van der Waals surface area contributed by atoms with Gasteiger partial charge in [0.05, 0.1) is 12.1 Å². The second kappa shape index (κ2) is 10.7. The molecule has 0 radical (unpaired) electrons. The number of nitrogens with zero attached hydrogens (tertiary/aromatic N) is 2. The second-order valence-electron chi connectivity index (χ2n) is 9.37. The van der Waals surface area contributed by atoms with Gasteiger partial charge in [0.2, 0.25) is 0 Å². The Labute approximate surface area is 211 Å². The molecule has 1 aromatic carbocycles. The number of hydrogen-bond acceptors (Lipinski definition) is 6. The number of hydrazine groups is 1. The van der Waals surface area contributed by atoms with Gasteiger partial charge in [0.15, 0.2) is 0 Å². The smallest absolute Gasteiger partial charge is 0.299 e. The molecule has 4 rings (SSSR count). The molecule has 3 heterocycles. The van der Waals surface area contributed by atoms with Gasteiger partial charge in [-0.15, -0.1) is 0 Å². The van der Waals surface area contributed by atoms with Gasteiger partial charge in [-0.3, -0.25) is 29.8 Å². The zero-order valence-corrected chi connectivity index (χ0v) is 21.2. The van der Waals surface area contributed by atoms with E-state index in [1.165, 1.54) is 19.2 Å². The zero-order chi connectivity index (χ0) is 26.0. The summed E-state index contributed by atoms with van der Waals surface area (Å²) >= 11 is 0. The van der Waals surface area contributed by atoms with Crippen LogP contribution in [0.2, 0.25) is 0 Å². The number of carbonyl (C=O) groups is 1. The van der Waals surface area contributed by atoms with Crippen molar-refractivity contribution in [3.05, 3.63) is 46.5 Å². The van der Waals surface area contributed by atoms with E-state index in [1.807, 2.05) is 0 Å². The van der Waals surface area contributed by atoms with Crippen LogP contribution < -0.4 is 5.43 Å². The number of amidine groups is 1. The molecule has 3 saturated heterocycles. The molecule has 3 N–H and O–H groups in total. The topological polar surface area (TPSA) is 119 Å². The summed E-state index contributed by atoms with van der Waals surface area (Å²) in [5.74, 6) is -2.50. The van der Waals surface area contributed by atoms with Crippen molar-refractivity contribution in [2.75, 3.05) is 25.2 Å². The standard InChI is InChI=1S/C25H31F2N5O3S/c1-15-17(5-3-6-19(15)25(26,27)21-7-4-10-35-21)14-30-23-18(22(29)24(33)32(2)31-23)13-20(28)16-8-11-36(34)12-9-16/h3,5-6,13,16,21,28-29H,4,7-12,14H2,1-2H3,(H,30,31)/b18-13+,28-20?,29-22?. The summed E-state index contributed by atoms with van der Waals surface area (Å²) in [5.41, 5.74) is 3.93. The van der Waals surface area contributed by atoms with Gasteiger partial charge in [0.25, 0.3) is 11.8 Å². The summed E-state index contributed by atoms with van der Waals surface area (Å²) in [7, 11) is 0.609. The summed E-state index contributed by atoms with van der Waals surface area (Å²) in [6.07, 6.45) is 2.48. The van der Waals surface area contributed by atoms with Gasteiger partial charge < -0.3 is 10.1 Å². The van der Waals surface area contributed by atoms with E-state index in [1.54, 1.807) is 19.1 Å². The van der Waals surface area contributed by atoms with Crippen LogP contribution in [0.15, 0.2) is 34.8 Å². The fraction of sp³-hybridized carbons (Fsp3) is 0.520. The Morgan fingerprint density at radius 1 is 1.33 bits per heavy atom. The molecular formula is C25H31F2N5O3S. The number of hydrogen-bond donors (Lipinski definition) is 3. The van der Waals surface area contributed by atoms with E-state index in [4.69, 9.17) is 15.6 Å². The highest BCUT2D eigenvalue weighted by atomic mass is 32.2. The molecule has 1 atom stereocenters. The number of allylic oxidation sites excluding steroid dienone is 1. The van der Waals surface area contributed by atoms with E-state index in [9.17, 15) is 9.00 Å². The highest BCUT2D eigenvalue weighted by molar-refractivity contribution is 7.85. The molecular weight excluding hydrogens is 488 g/mol. The van der Waals surface area contributed by atoms with Gasteiger partial charge in [-0.2, -0.15) is 8.78 Å². The van der Waals surface area contributed by atoms with Gasteiger partial charge in [0, 0.05) is 53.2 Å². The Balaban J connectivity index is 1.61. The average molecular weight is 520 g/mol. The maximum absolute atomic E-state index is 15.2. The van der Waals surface area contributed by atoms with Crippen LogP contribution >= 0.6 is 0 Å². The van der Waals surface area contributed by atoms with Crippen LogP contribution in [0.1, 0.15) is 42.4 Å². The van der Waals surface area contributed by atoms with Gasteiger partial charge in [-0.25, -0.2) is 0 Å². The molecule has 3 fully saturated rings. The average Bonchev–Trinajstić information content (AvgIpc) is 3.40. The van der Waals surface area contributed by atoms with Crippen LogP contribution in [-0.4, -0.2) is 63.6 Å². The van der Waals surface area contributed by atoms with Crippen LogP contribution in [0.3, 0.4) is 0 Å². The quantitative estimate of drug-likeness (QED) is 0.500.